The molecule has 1 aromatic carbocycles. The number of imidazole rings is 1. The van der Waals surface area contributed by atoms with Crippen LogP contribution in [-0.4, -0.2) is 60.4 Å². The number of primary amides is 1. The summed E-state index contributed by atoms with van der Waals surface area (Å²) in [7, 11) is 1.64. The van der Waals surface area contributed by atoms with E-state index in [1.165, 1.54) is 0 Å². The van der Waals surface area contributed by atoms with Crippen LogP contribution in [0.4, 0.5) is 11.5 Å². The molecule has 0 radical (unpaired) electrons. The zero-order chi connectivity index (χ0) is 22.0. The van der Waals surface area contributed by atoms with Crippen molar-refractivity contribution >= 4 is 23.4 Å². The monoisotopic (exact) mass is 427 g/mol. The van der Waals surface area contributed by atoms with Crippen LogP contribution >= 0.6 is 0 Å². The average molecular weight is 427 g/mol. The van der Waals surface area contributed by atoms with E-state index in [4.69, 9.17) is 24.9 Å². The Morgan fingerprint density at radius 2 is 2.29 bits per heavy atom. The van der Waals surface area contributed by atoms with Crippen molar-refractivity contribution in [1.82, 2.24) is 9.55 Å². The van der Waals surface area contributed by atoms with Crippen LogP contribution in [0.3, 0.4) is 0 Å². The van der Waals surface area contributed by atoms with Gasteiger partial charge in [0.25, 0.3) is 5.88 Å². The molecule has 3 N–H and O–H groups in total. The van der Waals surface area contributed by atoms with Gasteiger partial charge in [-0.15, -0.1) is 0 Å². The summed E-state index contributed by atoms with van der Waals surface area (Å²) in [6.45, 7) is 3.66. The van der Waals surface area contributed by atoms with Crippen LogP contribution in [0.5, 0.6) is 5.75 Å². The zero-order valence-electron chi connectivity index (χ0n) is 17.5. The number of anilines is 2. The highest BCUT2D eigenvalue weighted by Gasteiger charge is 2.34. The second-order valence-electron chi connectivity index (χ2n) is 7.47. The molecule has 0 spiro atoms. The average Bonchev–Trinajstić information content (AvgIpc) is 3.32. The van der Waals surface area contributed by atoms with Gasteiger partial charge in [0.05, 0.1) is 18.2 Å². The lowest BCUT2D eigenvalue weighted by Gasteiger charge is -2.20. The number of ether oxygens (including phenoxy) is 3. The number of aromatic nitrogens is 2. The Morgan fingerprint density at radius 3 is 3.03 bits per heavy atom. The van der Waals surface area contributed by atoms with Crippen LogP contribution in [0, 0.1) is 0 Å². The highest BCUT2D eigenvalue weighted by Crippen LogP contribution is 2.37. The fourth-order valence-electron chi connectivity index (χ4n) is 3.72. The molecular weight excluding hydrogens is 402 g/mol. The number of rotatable bonds is 7. The summed E-state index contributed by atoms with van der Waals surface area (Å²) in [6.07, 6.45) is 2.58. The van der Waals surface area contributed by atoms with E-state index >= 15 is 0 Å². The van der Waals surface area contributed by atoms with Gasteiger partial charge in [0, 0.05) is 31.7 Å². The number of benzene rings is 1. The van der Waals surface area contributed by atoms with Crippen molar-refractivity contribution in [2.75, 3.05) is 37.1 Å². The lowest BCUT2D eigenvalue weighted by atomic mass is 10.1. The predicted molar refractivity (Wildman–Crippen MR) is 113 cm³/mol. The lowest BCUT2D eigenvalue weighted by Crippen LogP contribution is -2.32. The van der Waals surface area contributed by atoms with Gasteiger partial charge < -0.3 is 29.8 Å². The molecule has 10 heteroatoms. The second kappa shape index (κ2) is 8.71. The number of methoxy groups -OCH3 is 1. The molecular formula is C21H25N5O5. The van der Waals surface area contributed by atoms with Crippen LogP contribution in [0.15, 0.2) is 30.3 Å². The van der Waals surface area contributed by atoms with Gasteiger partial charge >= 0.3 is 0 Å². The normalized spacial score (nSPS) is 18.2. The first-order valence-electron chi connectivity index (χ1n) is 10.1. The van der Waals surface area contributed by atoms with Gasteiger partial charge in [0.1, 0.15) is 30.8 Å². The Morgan fingerprint density at radius 1 is 1.45 bits per heavy atom. The van der Waals surface area contributed by atoms with E-state index in [1.54, 1.807) is 18.9 Å². The summed E-state index contributed by atoms with van der Waals surface area (Å²) >= 11 is 0. The number of nitrogens with two attached hydrogens (primary N) is 1. The number of amides is 1. The Balaban J connectivity index is 1.67. The molecule has 2 atom stereocenters. The smallest absolute Gasteiger partial charge is 0.284 e. The van der Waals surface area contributed by atoms with Gasteiger partial charge in [-0.3, -0.25) is 9.69 Å². The number of nitrogens with one attached hydrogen (secondary N) is 1. The lowest BCUT2D eigenvalue weighted by molar-refractivity contribution is -0.118. The minimum Gasteiger partial charge on any atom is -0.491 e. The molecule has 31 heavy (non-hydrogen) atoms. The minimum absolute atomic E-state index is 0.0619. The summed E-state index contributed by atoms with van der Waals surface area (Å²) in [5.74, 6) is 3.55. The number of hydrogen-bond acceptors (Lipinski definition) is 8. The number of carbonyl (C=O) groups is 1. The summed E-state index contributed by atoms with van der Waals surface area (Å²) in [4.78, 5) is 29.4. The van der Waals surface area contributed by atoms with Crippen LogP contribution in [-0.2, 0) is 25.6 Å². The maximum atomic E-state index is 11.4. The van der Waals surface area contributed by atoms with Crippen LogP contribution in [0.1, 0.15) is 13.3 Å². The predicted octanol–water partition coefficient (Wildman–Crippen LogP) is 1.14. The van der Waals surface area contributed by atoms with E-state index in [0.29, 0.717) is 44.4 Å². The van der Waals surface area contributed by atoms with E-state index in [-0.39, 0.29) is 11.9 Å². The third kappa shape index (κ3) is 4.08. The molecule has 0 unspecified atom stereocenters. The Labute approximate surface area is 179 Å². The summed E-state index contributed by atoms with van der Waals surface area (Å²) < 4.78 is 18.6. The maximum Gasteiger partial charge on any atom is 0.284 e. The van der Waals surface area contributed by atoms with Crippen LogP contribution < -0.4 is 20.7 Å². The van der Waals surface area contributed by atoms with Gasteiger partial charge in [-0.25, -0.2) is 9.78 Å². The van der Waals surface area contributed by atoms with Crippen molar-refractivity contribution in [2.24, 2.45) is 5.73 Å². The third-order valence-corrected chi connectivity index (χ3v) is 5.37. The first kappa shape index (κ1) is 20.8. The molecule has 2 aliphatic heterocycles. The first-order chi connectivity index (χ1) is 15.0. The maximum absolute atomic E-state index is 11.4. The largest absolute Gasteiger partial charge is 0.491 e. The molecule has 0 saturated carbocycles. The molecule has 1 amide bonds. The number of fused-ring (bicyclic) bond motifs is 3. The minimum atomic E-state index is -0.509. The summed E-state index contributed by atoms with van der Waals surface area (Å²) in [5, 5.41) is 3.06. The molecule has 1 aromatic heterocycles. The van der Waals surface area contributed by atoms with E-state index in [1.807, 2.05) is 34.9 Å². The molecule has 0 bridgehead atoms. The third-order valence-electron chi connectivity index (χ3n) is 5.37. The zero-order valence-corrected chi connectivity index (χ0v) is 17.5. The van der Waals surface area contributed by atoms with Gasteiger partial charge in [-0.05, 0) is 25.5 Å². The second-order valence-corrected chi connectivity index (χ2v) is 7.47. The van der Waals surface area contributed by atoms with Gasteiger partial charge in [0.15, 0.2) is 11.8 Å². The fourth-order valence-corrected chi connectivity index (χ4v) is 3.72. The van der Waals surface area contributed by atoms with E-state index < -0.39 is 11.9 Å². The van der Waals surface area contributed by atoms with E-state index in [9.17, 15) is 9.59 Å². The van der Waals surface area contributed by atoms with Crippen molar-refractivity contribution in [1.29, 1.82) is 0 Å². The summed E-state index contributed by atoms with van der Waals surface area (Å²) in [5.41, 5.74) is 6.88. The van der Waals surface area contributed by atoms with Crippen molar-refractivity contribution in [3.63, 3.8) is 0 Å². The van der Waals surface area contributed by atoms with Crippen molar-refractivity contribution in [2.45, 2.75) is 32.0 Å². The molecule has 4 rings (SSSR count). The van der Waals surface area contributed by atoms with E-state index in [2.05, 4.69) is 5.32 Å². The van der Waals surface area contributed by atoms with Gasteiger partial charge in [-0.1, -0.05) is 0 Å². The SMILES string of the molecule is COCC[C@@H]1COC(=C=O)N1c1cn2c(n1)-c1ccc(N[C@@H](C)C(N)=O)cc1OCC2. The first-order valence-corrected chi connectivity index (χ1v) is 10.1. The molecule has 10 nitrogen and oxygen atoms in total. The number of hydrogen-bond donors (Lipinski definition) is 2. The summed E-state index contributed by atoms with van der Waals surface area (Å²) in [6, 6.07) is 5.00. The molecule has 2 aliphatic rings. The molecule has 3 heterocycles. The Bertz CT molecular complexity index is 1030. The standard InChI is InChI=1S/C21H25N5O5/c1-13(20(22)28)23-14-3-4-16-17(9-14)30-8-6-25-10-18(24-21(16)25)26-15(5-7-29-2)12-31-19(26)11-27/h3-4,9-10,13,15,23H,5-8,12H2,1-2H3,(H2,22,28)/t13-,15+/m0/s1. The molecule has 1 saturated heterocycles. The van der Waals surface area contributed by atoms with Crippen LogP contribution in [0.25, 0.3) is 11.4 Å². The van der Waals surface area contributed by atoms with Crippen LogP contribution in [0.2, 0.25) is 0 Å². The van der Waals surface area contributed by atoms with Gasteiger partial charge in [-0.2, -0.15) is 0 Å². The highest BCUT2D eigenvalue weighted by atomic mass is 16.5. The Hall–Kier alpha value is -3.49. The molecule has 0 aliphatic carbocycles. The van der Waals surface area contributed by atoms with Crippen molar-refractivity contribution < 1.29 is 23.8 Å². The number of nitrogens with zero attached hydrogens (tertiary/aromatic N) is 3. The molecule has 2 aromatic rings. The van der Waals surface area contributed by atoms with E-state index in [0.717, 1.165) is 17.1 Å². The van der Waals surface area contributed by atoms with Gasteiger partial charge in [0.2, 0.25) is 5.91 Å². The van der Waals surface area contributed by atoms with Crippen molar-refractivity contribution in [3.8, 4) is 17.1 Å². The molecule has 1 fully saturated rings. The molecule has 164 valence electrons. The van der Waals surface area contributed by atoms with Crippen molar-refractivity contribution in [3.05, 3.63) is 30.3 Å². The topological polar surface area (TPSA) is 121 Å². The number of carbonyl (C=O) groups excluding carboxylic acids is 2. The Kier molecular flexibility index (Phi) is 5.83. The fraction of sp³-hybridized carbons (Fsp3) is 0.429. The quantitative estimate of drug-likeness (QED) is 0.631. The highest BCUT2D eigenvalue weighted by molar-refractivity contribution is 5.83.